The third-order valence-electron chi connectivity index (χ3n) is 2.92. The van der Waals surface area contributed by atoms with Crippen molar-refractivity contribution in [3.63, 3.8) is 0 Å². The number of benzene rings is 2. The van der Waals surface area contributed by atoms with Crippen LogP contribution in [0.2, 0.25) is 0 Å². The molecular weight excluding hydrogens is 210 g/mol. The predicted molar refractivity (Wildman–Crippen MR) is 69.5 cm³/mol. The van der Waals surface area contributed by atoms with E-state index in [0.29, 0.717) is 6.54 Å². The summed E-state index contributed by atoms with van der Waals surface area (Å²) in [5.74, 6) is 0.845. The lowest BCUT2D eigenvalue weighted by Crippen LogP contribution is -1.95. The van der Waals surface area contributed by atoms with E-state index < -0.39 is 0 Å². The van der Waals surface area contributed by atoms with Crippen LogP contribution in [0.1, 0.15) is 5.76 Å². The second kappa shape index (κ2) is 4.07. The van der Waals surface area contributed by atoms with Crippen LogP contribution in [-0.2, 0) is 6.54 Å². The molecule has 0 bridgehead atoms. The Morgan fingerprint density at radius 1 is 0.882 bits per heavy atom. The first kappa shape index (κ1) is 10.1. The summed E-state index contributed by atoms with van der Waals surface area (Å²) >= 11 is 0. The molecule has 0 spiro atoms. The van der Waals surface area contributed by atoms with E-state index in [4.69, 9.17) is 10.2 Å². The molecule has 0 radical (unpaired) electrons. The van der Waals surface area contributed by atoms with Crippen LogP contribution in [0.4, 0.5) is 0 Å². The van der Waals surface area contributed by atoms with Gasteiger partial charge >= 0.3 is 0 Å². The maximum atomic E-state index is 5.78. The summed E-state index contributed by atoms with van der Waals surface area (Å²) in [6.07, 6.45) is 0. The molecule has 0 saturated heterocycles. The number of rotatable bonds is 2. The van der Waals surface area contributed by atoms with Crippen LogP contribution >= 0.6 is 0 Å². The van der Waals surface area contributed by atoms with Gasteiger partial charge in [0.2, 0.25) is 0 Å². The summed E-state index contributed by atoms with van der Waals surface area (Å²) in [6.45, 7) is 0.416. The largest absolute Gasteiger partial charge is 0.459 e. The minimum Gasteiger partial charge on any atom is -0.459 e. The van der Waals surface area contributed by atoms with E-state index in [0.717, 1.165) is 27.9 Å². The van der Waals surface area contributed by atoms with Gasteiger partial charge in [0.25, 0.3) is 0 Å². The van der Waals surface area contributed by atoms with Gasteiger partial charge in [0.1, 0.15) is 11.3 Å². The summed E-state index contributed by atoms with van der Waals surface area (Å²) in [4.78, 5) is 0. The molecule has 3 aromatic rings. The van der Waals surface area contributed by atoms with Gasteiger partial charge in [0.15, 0.2) is 0 Å². The molecule has 2 nitrogen and oxygen atoms in total. The normalized spacial score (nSPS) is 10.9. The summed E-state index contributed by atoms with van der Waals surface area (Å²) in [5, 5.41) is 1.12. The molecule has 3 rings (SSSR count). The first-order valence-corrected chi connectivity index (χ1v) is 5.66. The lowest BCUT2D eigenvalue weighted by molar-refractivity contribution is 0.554. The molecule has 0 aliphatic carbocycles. The number of fused-ring (bicyclic) bond motifs is 1. The zero-order valence-corrected chi connectivity index (χ0v) is 9.39. The lowest BCUT2D eigenvalue weighted by atomic mass is 10.0. The summed E-state index contributed by atoms with van der Waals surface area (Å²) in [6, 6.07) is 18.3. The molecule has 0 atom stereocenters. The van der Waals surface area contributed by atoms with Crippen LogP contribution in [0.3, 0.4) is 0 Å². The topological polar surface area (TPSA) is 39.2 Å². The van der Waals surface area contributed by atoms with Crippen molar-refractivity contribution >= 4 is 11.0 Å². The SMILES string of the molecule is NCc1oc2ccccc2c1-c1ccccc1. The van der Waals surface area contributed by atoms with Crippen molar-refractivity contribution in [3.8, 4) is 11.1 Å². The van der Waals surface area contributed by atoms with Gasteiger partial charge in [0.05, 0.1) is 6.54 Å². The summed E-state index contributed by atoms with van der Waals surface area (Å²) in [5.41, 5.74) is 8.92. The molecule has 2 N–H and O–H groups in total. The second-order valence-corrected chi connectivity index (χ2v) is 3.97. The molecule has 0 amide bonds. The molecule has 2 heteroatoms. The van der Waals surface area contributed by atoms with Crippen molar-refractivity contribution in [2.45, 2.75) is 6.54 Å². The van der Waals surface area contributed by atoms with E-state index in [1.54, 1.807) is 0 Å². The Bertz CT molecular complexity index is 640. The Hall–Kier alpha value is -2.06. The standard InChI is InChI=1S/C15H13NO/c16-10-14-15(11-6-2-1-3-7-11)12-8-4-5-9-13(12)17-14/h1-9H,10,16H2. The van der Waals surface area contributed by atoms with E-state index in [9.17, 15) is 0 Å². The van der Waals surface area contributed by atoms with Crippen molar-refractivity contribution in [2.24, 2.45) is 5.73 Å². The van der Waals surface area contributed by atoms with Gasteiger partial charge < -0.3 is 10.2 Å². The lowest BCUT2D eigenvalue weighted by Gasteiger charge is -2.00. The molecule has 1 heterocycles. The first-order chi connectivity index (χ1) is 8.40. The van der Waals surface area contributed by atoms with Gasteiger partial charge in [-0.3, -0.25) is 0 Å². The zero-order valence-electron chi connectivity index (χ0n) is 9.39. The molecule has 0 aliphatic heterocycles. The van der Waals surface area contributed by atoms with Crippen LogP contribution in [0.5, 0.6) is 0 Å². The fraction of sp³-hybridized carbons (Fsp3) is 0.0667. The third kappa shape index (κ3) is 1.63. The Balaban J connectivity index is 2.34. The Morgan fingerprint density at radius 3 is 2.35 bits per heavy atom. The minimum atomic E-state index is 0.416. The highest BCUT2D eigenvalue weighted by atomic mass is 16.3. The maximum Gasteiger partial charge on any atom is 0.135 e. The zero-order chi connectivity index (χ0) is 11.7. The van der Waals surface area contributed by atoms with Gasteiger partial charge in [-0.05, 0) is 11.6 Å². The van der Waals surface area contributed by atoms with E-state index in [1.807, 2.05) is 36.4 Å². The van der Waals surface area contributed by atoms with Crippen LogP contribution in [0.15, 0.2) is 59.0 Å². The molecule has 1 aromatic heterocycles. The van der Waals surface area contributed by atoms with Gasteiger partial charge in [-0.2, -0.15) is 0 Å². The Morgan fingerprint density at radius 2 is 1.59 bits per heavy atom. The molecular formula is C15H13NO. The highest BCUT2D eigenvalue weighted by Crippen LogP contribution is 2.34. The molecule has 0 unspecified atom stereocenters. The van der Waals surface area contributed by atoms with Crippen LogP contribution in [0, 0.1) is 0 Å². The van der Waals surface area contributed by atoms with Gasteiger partial charge in [-0.1, -0.05) is 48.5 Å². The average Bonchev–Trinajstić information content (AvgIpc) is 2.78. The van der Waals surface area contributed by atoms with Crippen LogP contribution in [-0.4, -0.2) is 0 Å². The monoisotopic (exact) mass is 223 g/mol. The molecule has 0 aliphatic rings. The maximum absolute atomic E-state index is 5.78. The van der Waals surface area contributed by atoms with Crippen molar-refractivity contribution in [2.75, 3.05) is 0 Å². The number of hydrogen-bond acceptors (Lipinski definition) is 2. The molecule has 84 valence electrons. The molecule has 2 aromatic carbocycles. The number of hydrogen-bond donors (Lipinski definition) is 1. The minimum absolute atomic E-state index is 0.416. The van der Waals surface area contributed by atoms with Gasteiger partial charge in [-0.15, -0.1) is 0 Å². The average molecular weight is 223 g/mol. The summed E-state index contributed by atoms with van der Waals surface area (Å²) in [7, 11) is 0. The van der Waals surface area contributed by atoms with E-state index in [-0.39, 0.29) is 0 Å². The fourth-order valence-corrected chi connectivity index (χ4v) is 2.16. The number of nitrogens with two attached hydrogens (primary N) is 1. The van der Waals surface area contributed by atoms with Crippen molar-refractivity contribution in [3.05, 3.63) is 60.4 Å². The number of para-hydroxylation sites is 1. The third-order valence-corrected chi connectivity index (χ3v) is 2.92. The van der Waals surface area contributed by atoms with Crippen LogP contribution in [0.25, 0.3) is 22.1 Å². The molecule has 0 saturated carbocycles. The predicted octanol–water partition coefficient (Wildman–Crippen LogP) is 3.56. The molecule has 0 fully saturated rings. The van der Waals surface area contributed by atoms with Crippen molar-refractivity contribution in [1.82, 2.24) is 0 Å². The van der Waals surface area contributed by atoms with E-state index in [2.05, 4.69) is 18.2 Å². The highest BCUT2D eigenvalue weighted by Gasteiger charge is 2.13. The van der Waals surface area contributed by atoms with Gasteiger partial charge in [0, 0.05) is 10.9 Å². The Labute approximate surface area is 99.7 Å². The number of furan rings is 1. The van der Waals surface area contributed by atoms with Crippen LogP contribution < -0.4 is 5.73 Å². The smallest absolute Gasteiger partial charge is 0.135 e. The molecule has 17 heavy (non-hydrogen) atoms. The first-order valence-electron chi connectivity index (χ1n) is 5.66. The second-order valence-electron chi connectivity index (χ2n) is 3.97. The Kier molecular flexibility index (Phi) is 2.42. The quantitative estimate of drug-likeness (QED) is 0.721. The van der Waals surface area contributed by atoms with Crippen molar-refractivity contribution in [1.29, 1.82) is 0 Å². The van der Waals surface area contributed by atoms with E-state index >= 15 is 0 Å². The fourth-order valence-electron chi connectivity index (χ4n) is 2.16. The van der Waals surface area contributed by atoms with Gasteiger partial charge in [-0.25, -0.2) is 0 Å². The van der Waals surface area contributed by atoms with Crippen molar-refractivity contribution < 1.29 is 4.42 Å². The van der Waals surface area contributed by atoms with E-state index in [1.165, 1.54) is 0 Å². The highest BCUT2D eigenvalue weighted by molar-refractivity contribution is 5.95. The summed E-state index contributed by atoms with van der Waals surface area (Å²) < 4.78 is 5.78.